The Balaban J connectivity index is 2.51. The lowest BCUT2D eigenvalue weighted by Gasteiger charge is -2.44. The fourth-order valence-electron chi connectivity index (χ4n) is 3.32. The third-order valence-corrected chi connectivity index (χ3v) is 5.16. The van der Waals surface area contributed by atoms with Crippen LogP contribution in [0.25, 0.3) is 0 Å². The van der Waals surface area contributed by atoms with E-state index in [2.05, 4.69) is 15.9 Å². The number of benzene rings is 1. The first-order valence-electron chi connectivity index (χ1n) is 9.86. The summed E-state index contributed by atoms with van der Waals surface area (Å²) in [5, 5.41) is 0. The smallest absolute Gasteiger partial charge is 0.303 e. The lowest BCUT2D eigenvalue weighted by atomic mass is 9.96. The first kappa shape index (κ1) is 25.7. The van der Waals surface area contributed by atoms with E-state index in [0.717, 1.165) is 0 Å². The average molecular weight is 519 g/mol. The highest BCUT2D eigenvalue weighted by molar-refractivity contribution is 9.10. The zero-order valence-corrected chi connectivity index (χ0v) is 20.3. The van der Waals surface area contributed by atoms with Gasteiger partial charge < -0.3 is 33.2 Å². The van der Waals surface area contributed by atoms with Crippen LogP contribution >= 0.6 is 15.9 Å². The van der Waals surface area contributed by atoms with Crippen molar-refractivity contribution in [2.75, 3.05) is 14.2 Å². The van der Waals surface area contributed by atoms with Gasteiger partial charge in [-0.15, -0.1) is 0 Å². The average Bonchev–Trinajstić information content (AvgIpc) is 2.71. The van der Waals surface area contributed by atoms with Crippen molar-refractivity contribution >= 4 is 33.8 Å². The highest BCUT2D eigenvalue weighted by Crippen LogP contribution is 2.41. The molecular formula is C21H27BrO10. The van der Waals surface area contributed by atoms with E-state index in [1.54, 1.807) is 19.1 Å². The van der Waals surface area contributed by atoms with E-state index >= 15 is 0 Å². The second kappa shape index (κ2) is 11.4. The van der Waals surface area contributed by atoms with Crippen LogP contribution in [0.3, 0.4) is 0 Å². The van der Waals surface area contributed by atoms with Crippen molar-refractivity contribution in [2.45, 2.75) is 64.8 Å². The molecule has 1 heterocycles. The van der Waals surface area contributed by atoms with Crippen LogP contribution in [0.4, 0.5) is 0 Å². The van der Waals surface area contributed by atoms with E-state index in [-0.39, 0.29) is 5.75 Å². The molecule has 1 fully saturated rings. The van der Waals surface area contributed by atoms with Gasteiger partial charge in [0.25, 0.3) is 0 Å². The highest BCUT2D eigenvalue weighted by atomic mass is 79.9. The Morgan fingerprint density at radius 1 is 0.906 bits per heavy atom. The first-order valence-corrected chi connectivity index (χ1v) is 10.7. The molecule has 10 nitrogen and oxygen atoms in total. The van der Waals surface area contributed by atoms with Crippen LogP contribution in [0, 0.1) is 0 Å². The Labute approximate surface area is 194 Å². The molecule has 0 saturated carbocycles. The molecule has 1 aliphatic heterocycles. The summed E-state index contributed by atoms with van der Waals surface area (Å²) in [6.07, 6.45) is -4.92. The molecule has 0 amide bonds. The van der Waals surface area contributed by atoms with Crippen molar-refractivity contribution in [1.82, 2.24) is 0 Å². The van der Waals surface area contributed by atoms with Crippen LogP contribution in [-0.2, 0) is 33.3 Å². The molecule has 178 valence electrons. The van der Waals surface area contributed by atoms with Gasteiger partial charge in [0.05, 0.1) is 18.7 Å². The lowest BCUT2D eigenvalue weighted by Crippen LogP contribution is -2.62. The van der Waals surface area contributed by atoms with Gasteiger partial charge in [-0.1, -0.05) is 6.92 Å². The van der Waals surface area contributed by atoms with E-state index in [0.29, 0.717) is 22.4 Å². The third-order valence-electron chi connectivity index (χ3n) is 4.57. The van der Waals surface area contributed by atoms with Gasteiger partial charge in [0, 0.05) is 26.8 Å². The number of methoxy groups -OCH3 is 2. The van der Waals surface area contributed by atoms with Gasteiger partial charge in [0.2, 0.25) is 12.4 Å². The molecule has 2 rings (SSSR count). The van der Waals surface area contributed by atoms with E-state index in [1.807, 2.05) is 0 Å². The molecule has 1 aromatic rings. The summed E-state index contributed by atoms with van der Waals surface area (Å²) in [5.41, 5.74) is 0. The summed E-state index contributed by atoms with van der Waals surface area (Å²) in [7, 11) is 2.96. The Hall–Kier alpha value is -2.53. The second-order valence-corrected chi connectivity index (χ2v) is 7.79. The molecule has 1 aliphatic rings. The molecule has 32 heavy (non-hydrogen) atoms. The molecule has 0 aliphatic carbocycles. The number of hydrogen-bond donors (Lipinski definition) is 0. The van der Waals surface area contributed by atoms with Crippen molar-refractivity contribution in [3.05, 3.63) is 16.6 Å². The molecule has 0 radical (unpaired) electrons. The van der Waals surface area contributed by atoms with Gasteiger partial charge >= 0.3 is 17.9 Å². The van der Waals surface area contributed by atoms with E-state index in [4.69, 9.17) is 33.2 Å². The summed E-state index contributed by atoms with van der Waals surface area (Å²) in [6.45, 7) is 5.42. The van der Waals surface area contributed by atoms with Gasteiger partial charge in [0.15, 0.2) is 23.7 Å². The highest BCUT2D eigenvalue weighted by Gasteiger charge is 2.52. The number of halogens is 1. The van der Waals surface area contributed by atoms with Gasteiger partial charge in [-0.2, -0.15) is 0 Å². The Bertz CT molecular complexity index is 842. The normalized spacial score (nSPS) is 24.8. The summed E-state index contributed by atoms with van der Waals surface area (Å²) >= 11 is 3.41. The topological polar surface area (TPSA) is 116 Å². The number of ether oxygens (including phenoxy) is 7. The standard InChI is InChI=1S/C21H27BrO10/c1-7-15-18(28-10(2)23)19(29-11(3)24)20(30-12(4)25)21(31-15)32-17-14(22)8-13(26-5)9-16(17)27-6/h8-9,15,18-21H,7H2,1-6H3/t15-,18-,19+,20-,21?/m1/s1. The summed E-state index contributed by atoms with van der Waals surface area (Å²) in [5.74, 6) is -0.834. The number of rotatable bonds is 8. The van der Waals surface area contributed by atoms with Crippen LogP contribution in [0.5, 0.6) is 17.2 Å². The quantitative estimate of drug-likeness (QED) is 0.375. The summed E-state index contributed by atoms with van der Waals surface area (Å²) in [6, 6.07) is 3.26. The predicted octanol–water partition coefficient (Wildman–Crippen LogP) is 2.78. The Morgan fingerprint density at radius 3 is 1.97 bits per heavy atom. The fourth-order valence-corrected chi connectivity index (χ4v) is 3.84. The van der Waals surface area contributed by atoms with Crippen molar-refractivity contribution in [3.63, 3.8) is 0 Å². The van der Waals surface area contributed by atoms with Crippen molar-refractivity contribution in [3.8, 4) is 17.2 Å². The molecule has 0 spiro atoms. The number of esters is 3. The second-order valence-electron chi connectivity index (χ2n) is 6.93. The maximum atomic E-state index is 11.9. The molecule has 1 aromatic carbocycles. The third kappa shape index (κ3) is 6.26. The molecule has 1 unspecified atom stereocenters. The first-order chi connectivity index (χ1) is 15.1. The maximum absolute atomic E-state index is 11.9. The Morgan fingerprint density at radius 2 is 1.47 bits per heavy atom. The Kier molecular flexibility index (Phi) is 9.14. The van der Waals surface area contributed by atoms with Crippen LogP contribution in [0.1, 0.15) is 34.1 Å². The van der Waals surface area contributed by atoms with Gasteiger partial charge in [0.1, 0.15) is 11.9 Å². The van der Waals surface area contributed by atoms with Crippen LogP contribution < -0.4 is 14.2 Å². The van der Waals surface area contributed by atoms with E-state index < -0.39 is 48.6 Å². The minimum absolute atomic E-state index is 0.248. The molecule has 0 N–H and O–H groups in total. The van der Waals surface area contributed by atoms with Crippen LogP contribution in [0.2, 0.25) is 0 Å². The van der Waals surface area contributed by atoms with Gasteiger partial charge in [-0.05, 0) is 28.4 Å². The minimum Gasteiger partial charge on any atom is -0.497 e. The monoisotopic (exact) mass is 518 g/mol. The van der Waals surface area contributed by atoms with Crippen molar-refractivity contribution < 1.29 is 47.5 Å². The number of carbonyl (C=O) groups is 3. The fraction of sp³-hybridized carbons (Fsp3) is 0.571. The largest absolute Gasteiger partial charge is 0.497 e. The number of hydrogen-bond acceptors (Lipinski definition) is 10. The maximum Gasteiger partial charge on any atom is 0.303 e. The lowest BCUT2D eigenvalue weighted by molar-refractivity contribution is -0.284. The molecule has 5 atom stereocenters. The predicted molar refractivity (Wildman–Crippen MR) is 113 cm³/mol. The van der Waals surface area contributed by atoms with E-state index in [1.165, 1.54) is 35.0 Å². The molecular weight excluding hydrogens is 492 g/mol. The molecule has 1 saturated heterocycles. The summed E-state index contributed by atoms with van der Waals surface area (Å²) < 4.78 is 39.4. The molecule has 0 aromatic heterocycles. The van der Waals surface area contributed by atoms with Crippen molar-refractivity contribution in [1.29, 1.82) is 0 Å². The number of carbonyl (C=O) groups excluding carboxylic acids is 3. The zero-order chi connectivity index (χ0) is 24.0. The van der Waals surface area contributed by atoms with Gasteiger partial charge in [-0.25, -0.2) is 0 Å². The summed E-state index contributed by atoms with van der Waals surface area (Å²) in [4.78, 5) is 35.4. The van der Waals surface area contributed by atoms with Crippen molar-refractivity contribution in [2.24, 2.45) is 0 Å². The van der Waals surface area contributed by atoms with Gasteiger partial charge in [-0.3, -0.25) is 14.4 Å². The van der Waals surface area contributed by atoms with Crippen LogP contribution in [0.15, 0.2) is 16.6 Å². The van der Waals surface area contributed by atoms with Crippen LogP contribution in [-0.4, -0.2) is 62.8 Å². The minimum atomic E-state index is -1.23. The zero-order valence-electron chi connectivity index (χ0n) is 18.7. The van der Waals surface area contributed by atoms with E-state index in [9.17, 15) is 14.4 Å². The SMILES string of the molecule is CC[C@H]1OC(Oc2c(Br)cc(OC)cc2OC)[C@H](OC(C)=O)[C@@H](OC(C)=O)[C@@H]1OC(C)=O. The molecule has 0 bridgehead atoms. The molecule has 11 heteroatoms.